The van der Waals surface area contributed by atoms with Crippen LogP contribution < -0.4 is 5.73 Å². The molecule has 0 aliphatic carbocycles. The van der Waals surface area contributed by atoms with E-state index in [1.54, 1.807) is 6.20 Å². The lowest BCUT2D eigenvalue weighted by Crippen LogP contribution is -2.54. The molecule has 0 bridgehead atoms. The van der Waals surface area contributed by atoms with Crippen molar-refractivity contribution in [3.63, 3.8) is 0 Å². The normalized spacial score (nSPS) is 28.6. The van der Waals surface area contributed by atoms with Gasteiger partial charge in [0, 0.05) is 19.2 Å². The Morgan fingerprint density at radius 1 is 1.50 bits per heavy atom. The number of likely N-dealkylation sites (tertiary alicyclic amines) is 1. The molecule has 2 N–H and O–H groups in total. The Hall–Kier alpha value is -1.60. The minimum absolute atomic E-state index is 0.0389. The second-order valence-corrected chi connectivity index (χ2v) is 7.76. The molecule has 3 heterocycles. The third kappa shape index (κ3) is 3.15. The van der Waals surface area contributed by atoms with E-state index in [-0.39, 0.29) is 25.0 Å². The molecule has 1 spiro atoms. The molecule has 2 fully saturated rings. The van der Waals surface area contributed by atoms with Crippen molar-refractivity contribution in [3.05, 3.63) is 17.4 Å². The summed E-state index contributed by atoms with van der Waals surface area (Å²) in [7, 11) is 0. The van der Waals surface area contributed by atoms with Crippen molar-refractivity contribution in [2.45, 2.75) is 63.3 Å². The van der Waals surface area contributed by atoms with Gasteiger partial charge < -0.3 is 15.4 Å². The van der Waals surface area contributed by atoms with E-state index in [1.165, 1.54) is 10.9 Å². The van der Waals surface area contributed by atoms with Crippen LogP contribution in [0.25, 0.3) is 0 Å². The SMILES string of the molecule is CC1(C)C[C@]2(CCCN2C(=O)Cn2cc(Cl)cn2)[C@H](CC(N)=O)O1. The van der Waals surface area contributed by atoms with Gasteiger partial charge in [0.25, 0.3) is 0 Å². The van der Waals surface area contributed by atoms with E-state index in [0.29, 0.717) is 18.0 Å². The Morgan fingerprint density at radius 3 is 2.88 bits per heavy atom. The summed E-state index contributed by atoms with van der Waals surface area (Å²) in [6.07, 6.45) is 5.30. The lowest BCUT2D eigenvalue weighted by atomic mass is 9.82. The van der Waals surface area contributed by atoms with Crippen LogP contribution in [0.15, 0.2) is 12.4 Å². The molecular formula is C16H23ClN4O3. The van der Waals surface area contributed by atoms with E-state index in [1.807, 2.05) is 18.7 Å². The molecule has 0 saturated carbocycles. The standard InChI is InChI=1S/C16H23ClN4O3/c1-15(2)10-16(12(24-15)6-13(18)22)4-3-5-21(16)14(23)9-20-8-11(17)7-19-20/h7-8,12H,3-6,9-10H2,1-2H3,(H2,18,22)/t12-,16+/m0/s1. The molecule has 3 rings (SSSR count). The van der Waals surface area contributed by atoms with Crippen molar-refractivity contribution in [1.29, 1.82) is 0 Å². The van der Waals surface area contributed by atoms with Crippen LogP contribution in [-0.2, 0) is 20.9 Å². The fraction of sp³-hybridized carbons (Fsp3) is 0.688. The highest BCUT2D eigenvalue weighted by molar-refractivity contribution is 6.30. The number of rotatable bonds is 4. The van der Waals surface area contributed by atoms with Gasteiger partial charge in [-0.15, -0.1) is 0 Å². The molecule has 2 amide bonds. The minimum Gasteiger partial charge on any atom is -0.370 e. The number of nitrogens with zero attached hydrogens (tertiary/aromatic N) is 3. The monoisotopic (exact) mass is 354 g/mol. The molecule has 8 heteroatoms. The average Bonchev–Trinajstić information content (AvgIpc) is 3.09. The predicted octanol–water partition coefficient (Wildman–Crippen LogP) is 1.34. The maximum atomic E-state index is 12.9. The first-order chi connectivity index (χ1) is 11.2. The highest BCUT2D eigenvalue weighted by Gasteiger charge is 2.58. The summed E-state index contributed by atoms with van der Waals surface area (Å²) in [6.45, 7) is 4.76. The molecule has 24 heavy (non-hydrogen) atoms. The predicted molar refractivity (Wildman–Crippen MR) is 88.3 cm³/mol. The number of carbonyl (C=O) groups excluding carboxylic acids is 2. The van der Waals surface area contributed by atoms with E-state index >= 15 is 0 Å². The van der Waals surface area contributed by atoms with Crippen LogP contribution >= 0.6 is 11.6 Å². The van der Waals surface area contributed by atoms with Gasteiger partial charge in [0.05, 0.1) is 34.9 Å². The second-order valence-electron chi connectivity index (χ2n) is 7.32. The number of hydrogen-bond donors (Lipinski definition) is 1. The van der Waals surface area contributed by atoms with Gasteiger partial charge in [-0.3, -0.25) is 14.3 Å². The Labute approximate surface area is 146 Å². The Bertz CT molecular complexity index is 660. The Balaban J connectivity index is 1.84. The smallest absolute Gasteiger partial charge is 0.244 e. The highest BCUT2D eigenvalue weighted by Crippen LogP contribution is 2.48. The van der Waals surface area contributed by atoms with E-state index < -0.39 is 17.0 Å². The number of halogens is 1. The number of aromatic nitrogens is 2. The van der Waals surface area contributed by atoms with E-state index in [0.717, 1.165) is 12.8 Å². The summed E-state index contributed by atoms with van der Waals surface area (Å²) in [5.41, 5.74) is 4.55. The Morgan fingerprint density at radius 2 is 2.25 bits per heavy atom. The van der Waals surface area contributed by atoms with Gasteiger partial charge in [-0.25, -0.2) is 0 Å². The minimum atomic E-state index is -0.466. The number of carbonyl (C=O) groups is 2. The number of nitrogens with two attached hydrogens (primary N) is 1. The van der Waals surface area contributed by atoms with Crippen molar-refractivity contribution < 1.29 is 14.3 Å². The summed E-state index contributed by atoms with van der Waals surface area (Å²) in [5.74, 6) is -0.446. The van der Waals surface area contributed by atoms with E-state index in [9.17, 15) is 9.59 Å². The van der Waals surface area contributed by atoms with Crippen LogP contribution in [-0.4, -0.2) is 50.3 Å². The zero-order chi connectivity index (χ0) is 17.5. The largest absolute Gasteiger partial charge is 0.370 e. The van der Waals surface area contributed by atoms with Gasteiger partial charge in [-0.2, -0.15) is 5.10 Å². The van der Waals surface area contributed by atoms with Gasteiger partial charge in [0.2, 0.25) is 11.8 Å². The first-order valence-corrected chi connectivity index (χ1v) is 8.54. The summed E-state index contributed by atoms with van der Waals surface area (Å²) in [6, 6.07) is 0. The number of amides is 2. The van der Waals surface area contributed by atoms with Gasteiger partial charge in [-0.05, 0) is 26.7 Å². The molecule has 132 valence electrons. The fourth-order valence-corrected chi connectivity index (χ4v) is 4.40. The van der Waals surface area contributed by atoms with Crippen molar-refractivity contribution in [1.82, 2.24) is 14.7 Å². The average molecular weight is 355 g/mol. The lowest BCUT2D eigenvalue weighted by molar-refractivity contribution is -0.140. The van der Waals surface area contributed by atoms with Gasteiger partial charge in [-0.1, -0.05) is 11.6 Å². The first kappa shape index (κ1) is 17.2. The van der Waals surface area contributed by atoms with Crippen LogP contribution in [0.2, 0.25) is 5.02 Å². The molecule has 2 atom stereocenters. The number of ether oxygens (including phenoxy) is 1. The van der Waals surface area contributed by atoms with Crippen LogP contribution in [0.3, 0.4) is 0 Å². The second kappa shape index (κ2) is 6.04. The quantitative estimate of drug-likeness (QED) is 0.883. The van der Waals surface area contributed by atoms with E-state index in [4.69, 9.17) is 22.1 Å². The molecule has 2 saturated heterocycles. The van der Waals surface area contributed by atoms with Crippen molar-refractivity contribution in [2.75, 3.05) is 6.54 Å². The Kier molecular flexibility index (Phi) is 4.34. The van der Waals surface area contributed by atoms with Crippen LogP contribution in [0, 0.1) is 0 Å². The molecule has 2 aliphatic rings. The molecule has 1 aromatic heterocycles. The zero-order valence-corrected chi connectivity index (χ0v) is 14.8. The summed E-state index contributed by atoms with van der Waals surface area (Å²) in [4.78, 5) is 26.2. The van der Waals surface area contributed by atoms with Crippen LogP contribution in [0.1, 0.15) is 39.5 Å². The molecule has 0 aromatic carbocycles. The fourth-order valence-electron chi connectivity index (χ4n) is 4.24. The first-order valence-electron chi connectivity index (χ1n) is 8.16. The summed E-state index contributed by atoms with van der Waals surface area (Å²) < 4.78 is 7.62. The van der Waals surface area contributed by atoms with Crippen molar-refractivity contribution >= 4 is 23.4 Å². The van der Waals surface area contributed by atoms with Crippen molar-refractivity contribution in [2.24, 2.45) is 5.73 Å². The molecule has 0 unspecified atom stereocenters. The molecule has 1 aromatic rings. The highest BCUT2D eigenvalue weighted by atomic mass is 35.5. The topological polar surface area (TPSA) is 90.5 Å². The third-order valence-electron chi connectivity index (χ3n) is 4.91. The van der Waals surface area contributed by atoms with E-state index in [2.05, 4.69) is 5.10 Å². The molecular weight excluding hydrogens is 332 g/mol. The maximum Gasteiger partial charge on any atom is 0.244 e. The third-order valence-corrected chi connectivity index (χ3v) is 5.10. The number of hydrogen-bond acceptors (Lipinski definition) is 4. The summed E-state index contributed by atoms with van der Waals surface area (Å²) in [5, 5.41) is 4.57. The van der Waals surface area contributed by atoms with Crippen LogP contribution in [0.5, 0.6) is 0 Å². The van der Waals surface area contributed by atoms with Crippen LogP contribution in [0.4, 0.5) is 0 Å². The maximum absolute atomic E-state index is 12.9. The zero-order valence-electron chi connectivity index (χ0n) is 14.0. The number of primary amides is 1. The van der Waals surface area contributed by atoms with Crippen molar-refractivity contribution in [3.8, 4) is 0 Å². The van der Waals surface area contributed by atoms with Gasteiger partial charge in [0.1, 0.15) is 6.54 Å². The lowest BCUT2D eigenvalue weighted by Gasteiger charge is -2.38. The van der Waals surface area contributed by atoms with Gasteiger partial charge >= 0.3 is 0 Å². The summed E-state index contributed by atoms with van der Waals surface area (Å²) >= 11 is 5.86. The molecule has 2 aliphatic heterocycles. The molecule has 7 nitrogen and oxygen atoms in total. The molecule has 0 radical (unpaired) electrons. The van der Waals surface area contributed by atoms with Gasteiger partial charge in [0.15, 0.2) is 0 Å².